The third-order valence-electron chi connectivity index (χ3n) is 1.21. The smallest absolute Gasteiger partial charge is 0.281 e. The fourth-order valence-electron chi connectivity index (χ4n) is 0.842. The van der Waals surface area contributed by atoms with Crippen LogP contribution in [0.1, 0.15) is 5.56 Å². The van der Waals surface area contributed by atoms with Crippen molar-refractivity contribution in [3.8, 4) is 0 Å². The lowest BCUT2D eigenvalue weighted by molar-refractivity contribution is 0.476. The van der Waals surface area contributed by atoms with Crippen LogP contribution in [0.25, 0.3) is 0 Å². The first-order valence-corrected chi connectivity index (χ1v) is 4.33. The molecule has 0 aliphatic heterocycles. The predicted molar refractivity (Wildman–Crippen MR) is 37.8 cm³/mol. The average Bonchev–Trinajstić information content (AvgIpc) is 2.08. The molecule has 0 saturated carbocycles. The van der Waals surface area contributed by atoms with Crippen molar-refractivity contribution in [1.29, 1.82) is 0 Å². The Morgan fingerprint density at radius 2 is 2.18 bits per heavy atom. The molecule has 1 aromatic rings. The third-order valence-corrected chi connectivity index (χ3v) is 2.10. The average molecular weight is 176 g/mol. The predicted octanol–water partition coefficient (Wildman–Crippen LogP) is -0.0248. The second-order valence-corrected chi connectivity index (χ2v) is 3.60. The second-order valence-electron chi connectivity index (χ2n) is 2.27. The van der Waals surface area contributed by atoms with Crippen LogP contribution in [-0.4, -0.2) is 22.8 Å². The molecule has 0 aliphatic rings. The number of hydrogen-bond donors (Lipinski definition) is 1. The summed E-state index contributed by atoms with van der Waals surface area (Å²) in [6, 6.07) is 0. The molecule has 1 N–H and O–H groups in total. The van der Waals surface area contributed by atoms with Crippen LogP contribution in [-0.2, 0) is 17.2 Å². The highest BCUT2D eigenvalue weighted by molar-refractivity contribution is 7.85. The molecule has 0 aliphatic carbocycles. The number of aromatic nitrogens is 2. The summed E-state index contributed by atoms with van der Waals surface area (Å²) in [4.78, 5) is 0. The largest absolute Gasteiger partial charge is 0.314 e. The van der Waals surface area contributed by atoms with Crippen molar-refractivity contribution in [3.63, 3.8) is 0 Å². The third kappa shape index (κ3) is 1.58. The van der Waals surface area contributed by atoms with E-state index in [0.29, 0.717) is 5.56 Å². The molecule has 0 aromatic carbocycles. The Morgan fingerprint density at radius 3 is 2.36 bits per heavy atom. The van der Waals surface area contributed by atoms with Gasteiger partial charge in [-0.25, -0.2) is 0 Å². The Kier molecular flexibility index (Phi) is 1.73. The SMILES string of the molecule is Cc1cn(C)nc1S(=O)(=O)O. The summed E-state index contributed by atoms with van der Waals surface area (Å²) in [5, 5.41) is 3.28. The molecule has 0 unspecified atom stereocenters. The van der Waals surface area contributed by atoms with Crippen molar-refractivity contribution < 1.29 is 13.0 Å². The monoisotopic (exact) mass is 176 g/mol. The molecule has 6 heteroatoms. The van der Waals surface area contributed by atoms with E-state index in [-0.39, 0.29) is 5.03 Å². The van der Waals surface area contributed by atoms with Crippen LogP contribution < -0.4 is 0 Å². The summed E-state index contributed by atoms with van der Waals surface area (Å²) in [6.45, 7) is 1.57. The van der Waals surface area contributed by atoms with Crippen LogP contribution in [0, 0.1) is 6.92 Å². The summed E-state index contributed by atoms with van der Waals surface area (Å²) in [5.74, 6) is 0. The lowest BCUT2D eigenvalue weighted by atomic mass is 10.4. The Hall–Kier alpha value is -0.880. The van der Waals surface area contributed by atoms with Gasteiger partial charge in [-0.2, -0.15) is 13.5 Å². The Morgan fingerprint density at radius 1 is 1.64 bits per heavy atom. The molecule has 62 valence electrons. The van der Waals surface area contributed by atoms with Gasteiger partial charge in [-0.1, -0.05) is 0 Å². The van der Waals surface area contributed by atoms with E-state index >= 15 is 0 Å². The molecule has 1 rings (SSSR count). The first-order valence-electron chi connectivity index (χ1n) is 2.89. The van der Waals surface area contributed by atoms with E-state index < -0.39 is 10.1 Å². The summed E-state index contributed by atoms with van der Waals surface area (Å²) in [5.41, 5.74) is 0.440. The fourth-order valence-corrected chi connectivity index (χ4v) is 1.53. The second kappa shape index (κ2) is 2.31. The summed E-state index contributed by atoms with van der Waals surface area (Å²) in [6.07, 6.45) is 1.52. The Bertz CT molecular complexity index is 365. The van der Waals surface area contributed by atoms with E-state index in [9.17, 15) is 8.42 Å². The highest BCUT2D eigenvalue weighted by Gasteiger charge is 2.16. The molecule has 11 heavy (non-hydrogen) atoms. The van der Waals surface area contributed by atoms with E-state index in [0.717, 1.165) is 0 Å². The maximum absolute atomic E-state index is 10.5. The van der Waals surface area contributed by atoms with E-state index in [1.807, 2.05) is 0 Å². The molecule has 0 spiro atoms. The van der Waals surface area contributed by atoms with Gasteiger partial charge < -0.3 is 0 Å². The number of aryl methyl sites for hydroxylation is 2. The molecule has 1 heterocycles. The van der Waals surface area contributed by atoms with Crippen molar-refractivity contribution in [2.24, 2.45) is 7.05 Å². The molecule has 0 fully saturated rings. The lowest BCUT2D eigenvalue weighted by Gasteiger charge is -1.89. The van der Waals surface area contributed by atoms with Crippen molar-refractivity contribution in [3.05, 3.63) is 11.8 Å². The molecule has 0 bridgehead atoms. The van der Waals surface area contributed by atoms with Gasteiger partial charge in [-0.05, 0) is 6.92 Å². The van der Waals surface area contributed by atoms with Gasteiger partial charge in [0.1, 0.15) is 0 Å². The first kappa shape index (κ1) is 8.22. The Labute approximate surface area is 64.4 Å². The van der Waals surface area contributed by atoms with E-state index in [1.54, 1.807) is 14.0 Å². The van der Waals surface area contributed by atoms with Crippen LogP contribution in [0.4, 0.5) is 0 Å². The molecule has 5 nitrogen and oxygen atoms in total. The molecular formula is C5H8N2O3S. The van der Waals surface area contributed by atoms with Crippen LogP contribution in [0.2, 0.25) is 0 Å². The molecule has 0 amide bonds. The first-order chi connectivity index (χ1) is 4.91. The van der Waals surface area contributed by atoms with Gasteiger partial charge in [-0.15, -0.1) is 0 Å². The minimum Gasteiger partial charge on any atom is -0.281 e. The van der Waals surface area contributed by atoms with Crippen molar-refractivity contribution in [1.82, 2.24) is 9.78 Å². The minimum atomic E-state index is -4.14. The topological polar surface area (TPSA) is 72.2 Å². The van der Waals surface area contributed by atoms with Gasteiger partial charge in [0, 0.05) is 18.8 Å². The molecular weight excluding hydrogens is 168 g/mol. The number of hydrogen-bond acceptors (Lipinski definition) is 3. The van der Waals surface area contributed by atoms with E-state index in [2.05, 4.69) is 5.10 Å². The maximum atomic E-state index is 10.5. The standard InChI is InChI=1S/C5H8N2O3S/c1-4-3-7(2)6-5(4)11(8,9)10/h3H,1-2H3,(H,8,9,10). The molecule has 0 saturated heterocycles. The van der Waals surface area contributed by atoms with Gasteiger partial charge in [0.25, 0.3) is 0 Å². The normalized spacial score (nSPS) is 11.9. The highest BCUT2D eigenvalue weighted by atomic mass is 32.2. The van der Waals surface area contributed by atoms with Crippen LogP contribution in [0.15, 0.2) is 11.2 Å². The zero-order valence-corrected chi connectivity index (χ0v) is 6.96. The zero-order valence-electron chi connectivity index (χ0n) is 6.14. The summed E-state index contributed by atoms with van der Waals surface area (Å²) < 4.78 is 31.0. The Balaban J connectivity index is 3.36. The van der Waals surface area contributed by atoms with Crippen LogP contribution in [0.5, 0.6) is 0 Å². The fraction of sp³-hybridized carbons (Fsp3) is 0.400. The molecule has 0 atom stereocenters. The quantitative estimate of drug-likeness (QED) is 0.610. The highest BCUT2D eigenvalue weighted by Crippen LogP contribution is 2.09. The zero-order chi connectivity index (χ0) is 8.65. The van der Waals surface area contributed by atoms with E-state index in [1.165, 1.54) is 10.9 Å². The van der Waals surface area contributed by atoms with Gasteiger partial charge in [0.2, 0.25) is 5.03 Å². The minimum absolute atomic E-state index is 0.278. The van der Waals surface area contributed by atoms with Crippen LogP contribution >= 0.6 is 0 Å². The van der Waals surface area contributed by atoms with Gasteiger partial charge in [0.15, 0.2) is 0 Å². The van der Waals surface area contributed by atoms with E-state index in [4.69, 9.17) is 4.55 Å². The number of nitrogens with zero attached hydrogens (tertiary/aromatic N) is 2. The lowest BCUT2D eigenvalue weighted by Crippen LogP contribution is -2.01. The molecule has 1 aromatic heterocycles. The maximum Gasteiger partial charge on any atom is 0.314 e. The van der Waals surface area contributed by atoms with Gasteiger partial charge in [0.05, 0.1) is 0 Å². The van der Waals surface area contributed by atoms with Crippen molar-refractivity contribution in [2.45, 2.75) is 11.9 Å². The van der Waals surface area contributed by atoms with Crippen LogP contribution in [0.3, 0.4) is 0 Å². The number of rotatable bonds is 1. The van der Waals surface area contributed by atoms with Crippen molar-refractivity contribution in [2.75, 3.05) is 0 Å². The van der Waals surface area contributed by atoms with Crippen molar-refractivity contribution >= 4 is 10.1 Å². The van der Waals surface area contributed by atoms with Gasteiger partial charge >= 0.3 is 10.1 Å². The summed E-state index contributed by atoms with van der Waals surface area (Å²) >= 11 is 0. The molecule has 0 radical (unpaired) electrons. The van der Waals surface area contributed by atoms with Gasteiger partial charge in [-0.3, -0.25) is 9.23 Å². The summed E-state index contributed by atoms with van der Waals surface area (Å²) in [7, 11) is -2.56.